The van der Waals surface area contributed by atoms with Crippen molar-refractivity contribution < 1.29 is 101 Å². The standard InChI is InChI=1S/C51H51F17Si2.C44H48F6Si2/c1-30(2)69(31(3)4,24-20-45(54,55)48(60,61)47(58,59)44(9,52)53)22-18-38-40-26-34-14-10-12-16-36(34)28-42(40)39(43-29-37-17-13-11-15-35(37)27-41(38)43)19-23-70(32(5)6,33(7)8)25-21-46(56,57)49(62,63)50(64,65)51(66,67)68;1-29(2)51(30(3)4,23-19-43(45,46)47)21-17-37-39-25-33-13-9-11-15-35(33)27-41(39)38(42-28-36-16-12-10-14-34(36)26-40(37)42)18-22-52(31(5)6,32(7)8)24-20-44(48,49)50/h10-17,26-33H,20-21,24-25H2,1-9H3;9-16,25-32H,19-20,23-24H2,1-8H3. The third kappa shape index (κ3) is 18.8. The van der Waals surface area contributed by atoms with E-state index < -0.39 is 159 Å². The summed E-state index contributed by atoms with van der Waals surface area (Å²) in [7, 11) is -13.1. The van der Waals surface area contributed by atoms with E-state index in [0.29, 0.717) is 43.1 Å². The largest absolute Gasteiger partial charge is 0.460 e. The summed E-state index contributed by atoms with van der Waals surface area (Å²) in [5.74, 6) is -30.3. The summed E-state index contributed by atoms with van der Waals surface area (Å²) in [4.78, 5) is 0. The van der Waals surface area contributed by atoms with Gasteiger partial charge in [0.15, 0.2) is 0 Å². The van der Waals surface area contributed by atoms with Crippen LogP contribution in [0, 0.1) is 45.9 Å². The fourth-order valence-electron chi connectivity index (χ4n) is 17.5. The lowest BCUT2D eigenvalue weighted by Gasteiger charge is -2.39. The maximum absolute atomic E-state index is 15.4. The molecule has 0 atom stereocenters. The van der Waals surface area contributed by atoms with Gasteiger partial charge in [0.1, 0.15) is 32.3 Å². The van der Waals surface area contributed by atoms with Crippen LogP contribution in [-0.2, 0) is 0 Å². The molecule has 10 rings (SSSR count). The Morgan fingerprint density at radius 2 is 0.402 bits per heavy atom. The van der Waals surface area contributed by atoms with Crippen molar-refractivity contribution in [2.24, 2.45) is 0 Å². The lowest BCUT2D eigenvalue weighted by Crippen LogP contribution is -2.61. The first-order valence-electron chi connectivity index (χ1n) is 40.7. The summed E-state index contributed by atoms with van der Waals surface area (Å²) in [5, 5.41) is 11.5. The Morgan fingerprint density at radius 1 is 0.238 bits per heavy atom. The number of alkyl halides is 23. The summed E-state index contributed by atoms with van der Waals surface area (Å²) >= 11 is 0. The number of hydrogen-bond donors (Lipinski definition) is 0. The van der Waals surface area contributed by atoms with Crippen LogP contribution >= 0.6 is 0 Å². The topological polar surface area (TPSA) is 0 Å². The second-order valence-corrected chi connectivity index (χ2v) is 55.8. The molecule has 0 aromatic heterocycles. The van der Waals surface area contributed by atoms with Gasteiger partial charge in [-0.15, -0.1) is 22.2 Å². The van der Waals surface area contributed by atoms with Gasteiger partial charge < -0.3 is 0 Å². The summed E-state index contributed by atoms with van der Waals surface area (Å²) in [6, 6.07) is 43.6. The van der Waals surface area contributed by atoms with Crippen molar-refractivity contribution in [3.05, 3.63) is 168 Å². The SMILES string of the molecule is CC(C)[Si](C#Cc1c2cc3ccccc3cc2c(C#C[Si](CCC(F)(F)C(F)(F)C(F)(F)C(F)(F)F)(C(C)C)C(C)C)c2cc3ccccc3cc12)(CCC(F)(F)C(F)(F)C(F)(F)C(C)(F)F)C(C)C.CC(C)[Si](C#Cc1c2cc3ccccc3cc2c(C#C[Si](CCC(F)(F)F)(C(C)C)C(C)C)c2cc3ccccc3cc12)(CCC(F)(F)F)C(C)C. The first-order valence-corrected chi connectivity index (χ1v) is 50.1. The molecule has 0 spiro atoms. The molecule has 10 aromatic carbocycles. The third-order valence-electron chi connectivity index (χ3n) is 25.6. The van der Waals surface area contributed by atoms with Gasteiger partial charge in [-0.3, -0.25) is 0 Å². The predicted molar refractivity (Wildman–Crippen MR) is 460 cm³/mol. The molecule has 0 aliphatic heterocycles. The van der Waals surface area contributed by atoms with Crippen LogP contribution in [0.25, 0.3) is 86.2 Å². The molecule has 122 heavy (non-hydrogen) atoms. The van der Waals surface area contributed by atoms with Crippen molar-refractivity contribution in [3.8, 4) is 45.9 Å². The van der Waals surface area contributed by atoms with Gasteiger partial charge >= 0.3 is 60.0 Å². The number of fused-ring (bicyclic) bond motifs is 8. The molecule has 0 nitrogen and oxygen atoms in total. The Hall–Kier alpha value is -8.22. The van der Waals surface area contributed by atoms with E-state index in [2.05, 4.69) is 70.1 Å². The van der Waals surface area contributed by atoms with Crippen LogP contribution in [0.4, 0.5) is 101 Å². The van der Waals surface area contributed by atoms with Crippen LogP contribution in [0.1, 0.15) is 166 Å². The fraction of sp³-hybridized carbons (Fsp3) is 0.453. The Morgan fingerprint density at radius 3 is 0.549 bits per heavy atom. The van der Waals surface area contributed by atoms with E-state index >= 15 is 17.6 Å². The van der Waals surface area contributed by atoms with Crippen LogP contribution < -0.4 is 0 Å². The van der Waals surface area contributed by atoms with Crippen LogP contribution in [0.2, 0.25) is 68.5 Å². The third-order valence-corrected chi connectivity index (χ3v) is 48.7. The molecule has 0 fully saturated rings. The number of hydrogen-bond acceptors (Lipinski definition) is 0. The molecule has 0 radical (unpaired) electrons. The number of rotatable bonds is 23. The van der Waals surface area contributed by atoms with Gasteiger partial charge in [0.05, 0.1) is 0 Å². The summed E-state index contributed by atoms with van der Waals surface area (Å²) < 4.78 is 326. The van der Waals surface area contributed by atoms with Crippen LogP contribution in [0.5, 0.6) is 0 Å². The Bertz CT molecular complexity index is 5220. The molecule has 0 unspecified atom stereocenters. The van der Waals surface area contributed by atoms with Gasteiger partial charge in [0.2, 0.25) is 0 Å². The monoisotopic (exact) mass is 1790 g/mol. The Balaban J connectivity index is 0.000000289. The van der Waals surface area contributed by atoms with E-state index in [4.69, 9.17) is 0 Å². The van der Waals surface area contributed by atoms with Gasteiger partial charge in [-0.05, 0) is 203 Å². The van der Waals surface area contributed by atoms with Gasteiger partial charge in [0.25, 0.3) is 0 Å². The lowest BCUT2D eigenvalue weighted by molar-refractivity contribution is -0.396. The fourth-order valence-corrected chi connectivity index (χ4v) is 34.5. The molecular formula is C95H99F23Si4. The molecule has 656 valence electrons. The minimum atomic E-state index is -7.07. The summed E-state index contributed by atoms with van der Waals surface area (Å²) in [6.07, 6.45) is -21.2. The van der Waals surface area contributed by atoms with Crippen molar-refractivity contribution >= 4 is 118 Å². The van der Waals surface area contributed by atoms with Crippen LogP contribution in [0.15, 0.2) is 146 Å². The molecule has 0 aliphatic carbocycles. The Labute approximate surface area is 701 Å². The van der Waals surface area contributed by atoms with Crippen LogP contribution in [-0.4, -0.2) is 92.3 Å². The second-order valence-electron chi connectivity index (χ2n) is 35.2. The van der Waals surface area contributed by atoms with Crippen molar-refractivity contribution in [1.82, 2.24) is 0 Å². The molecule has 0 saturated carbocycles. The lowest BCUT2D eigenvalue weighted by atomic mass is 9.89. The highest BCUT2D eigenvalue weighted by atomic mass is 28.3. The van der Waals surface area contributed by atoms with Crippen molar-refractivity contribution in [3.63, 3.8) is 0 Å². The van der Waals surface area contributed by atoms with E-state index in [1.54, 1.807) is 128 Å². The maximum atomic E-state index is 15.4. The first kappa shape index (κ1) is 97.6. The minimum Gasteiger partial charge on any atom is -0.200 e. The first-order chi connectivity index (χ1) is 56.1. The van der Waals surface area contributed by atoms with E-state index in [1.165, 1.54) is 0 Å². The van der Waals surface area contributed by atoms with Crippen molar-refractivity contribution in [1.29, 1.82) is 0 Å². The molecule has 10 aromatic rings. The van der Waals surface area contributed by atoms with Gasteiger partial charge in [0, 0.05) is 54.9 Å². The maximum Gasteiger partial charge on any atom is 0.460 e. The zero-order valence-corrected chi connectivity index (χ0v) is 74.8. The highest BCUT2D eigenvalue weighted by molar-refractivity contribution is 6.91. The Kier molecular flexibility index (Phi) is 28.2. The molecule has 0 heterocycles. The number of halogens is 23. The smallest absolute Gasteiger partial charge is 0.200 e. The normalized spacial score (nSPS) is 13.8. The van der Waals surface area contributed by atoms with E-state index in [0.717, 1.165) is 54.2 Å². The highest BCUT2D eigenvalue weighted by Crippen LogP contribution is 2.58. The van der Waals surface area contributed by atoms with Crippen molar-refractivity contribution in [2.45, 2.75) is 272 Å². The summed E-state index contributed by atoms with van der Waals surface area (Å²) in [5.41, 5.74) is 13.0. The van der Waals surface area contributed by atoms with Crippen LogP contribution in [0.3, 0.4) is 0 Å². The average Bonchev–Trinajstić information content (AvgIpc) is 0.771. The average molecular weight is 1790 g/mol. The van der Waals surface area contributed by atoms with E-state index in [-0.39, 0.29) is 45.4 Å². The van der Waals surface area contributed by atoms with E-state index in [9.17, 15) is 83.4 Å². The van der Waals surface area contributed by atoms with Gasteiger partial charge in [-0.2, -0.15) is 101 Å². The van der Waals surface area contributed by atoms with Gasteiger partial charge in [-0.1, -0.05) is 232 Å². The molecule has 0 amide bonds. The molecule has 0 saturated heterocycles. The zero-order chi connectivity index (χ0) is 91.5. The molecule has 0 bridgehead atoms. The number of benzene rings is 10. The highest BCUT2D eigenvalue weighted by Gasteiger charge is 2.82. The molecule has 0 aliphatic rings. The predicted octanol–water partition coefficient (Wildman–Crippen LogP) is 33.0. The van der Waals surface area contributed by atoms with E-state index in [1.807, 2.05) is 104 Å². The van der Waals surface area contributed by atoms with Crippen molar-refractivity contribution in [2.75, 3.05) is 0 Å². The molecule has 27 heteroatoms. The van der Waals surface area contributed by atoms with Gasteiger partial charge in [-0.25, -0.2) is 0 Å². The molecular weight excluding hydrogens is 1690 g/mol. The molecule has 0 N–H and O–H groups in total. The second kappa shape index (κ2) is 35.3. The quantitative estimate of drug-likeness (QED) is 0.0259. The zero-order valence-electron chi connectivity index (χ0n) is 70.8. The summed E-state index contributed by atoms with van der Waals surface area (Å²) in [6.45, 7) is 28.2. The minimum absolute atomic E-state index is 0.00599.